The maximum Gasteiger partial charge on any atom is 0.490 e. The molecular weight excluding hydrogens is 391 g/mol. The van der Waals surface area contributed by atoms with Crippen molar-refractivity contribution < 1.29 is 37.0 Å². The van der Waals surface area contributed by atoms with Crippen molar-refractivity contribution >= 4 is 5.97 Å². The average molecular weight is 421 g/mol. The first kappa shape index (κ1) is 23.7. The number of hydrogen-bond donors (Lipinski definition) is 1. The Morgan fingerprint density at radius 3 is 2.66 bits per heavy atom. The zero-order valence-corrected chi connectivity index (χ0v) is 17.1. The van der Waals surface area contributed by atoms with Gasteiger partial charge >= 0.3 is 12.1 Å². The van der Waals surface area contributed by atoms with Gasteiger partial charge in [0.15, 0.2) is 0 Å². The number of furan rings is 1. The van der Waals surface area contributed by atoms with E-state index in [2.05, 4.69) is 24.8 Å². The van der Waals surface area contributed by atoms with Gasteiger partial charge in [0.05, 0.1) is 31.5 Å². The fraction of sp³-hybridized carbons (Fsp3) is 0.750. The SMILES string of the molecule is Cc1ccc(CN2CCO[C@@]3(CCC[C@@H]3COC(C)C)C2)o1.O=C(O)C(F)(F)F. The predicted octanol–water partition coefficient (Wildman–Crippen LogP) is 4.02. The number of halogens is 3. The van der Waals surface area contributed by atoms with Crippen LogP contribution in [0.4, 0.5) is 13.2 Å². The van der Waals surface area contributed by atoms with Gasteiger partial charge in [-0.2, -0.15) is 13.2 Å². The van der Waals surface area contributed by atoms with Crippen molar-refractivity contribution in [3.63, 3.8) is 0 Å². The molecule has 2 fully saturated rings. The molecule has 29 heavy (non-hydrogen) atoms. The maximum absolute atomic E-state index is 10.6. The van der Waals surface area contributed by atoms with E-state index in [4.69, 9.17) is 23.8 Å². The van der Waals surface area contributed by atoms with Gasteiger partial charge in [-0.1, -0.05) is 6.42 Å². The predicted molar refractivity (Wildman–Crippen MR) is 99.5 cm³/mol. The number of carbonyl (C=O) groups is 1. The summed E-state index contributed by atoms with van der Waals surface area (Å²) in [6.07, 6.45) is -1.16. The number of carboxylic acid groups (broad SMARTS) is 1. The molecule has 1 aliphatic heterocycles. The third-order valence-electron chi connectivity index (χ3n) is 5.23. The third-order valence-corrected chi connectivity index (χ3v) is 5.23. The first-order chi connectivity index (χ1) is 13.5. The maximum atomic E-state index is 10.6. The van der Waals surface area contributed by atoms with E-state index in [-0.39, 0.29) is 5.60 Å². The molecule has 2 aliphatic rings. The highest BCUT2D eigenvalue weighted by Crippen LogP contribution is 2.41. The molecule has 0 aromatic carbocycles. The van der Waals surface area contributed by atoms with Crippen LogP contribution >= 0.6 is 0 Å². The minimum Gasteiger partial charge on any atom is -0.475 e. The van der Waals surface area contributed by atoms with Crippen molar-refractivity contribution in [2.45, 2.75) is 64.5 Å². The van der Waals surface area contributed by atoms with Crippen LogP contribution in [0.5, 0.6) is 0 Å². The summed E-state index contributed by atoms with van der Waals surface area (Å²) in [4.78, 5) is 11.4. The number of nitrogens with zero attached hydrogens (tertiary/aromatic N) is 1. The Hall–Kier alpha value is -1.58. The van der Waals surface area contributed by atoms with Crippen LogP contribution in [-0.2, 0) is 20.8 Å². The molecule has 2 atom stereocenters. The minimum absolute atomic E-state index is 0.00518. The topological polar surface area (TPSA) is 72.1 Å². The van der Waals surface area contributed by atoms with Crippen LogP contribution in [-0.4, -0.2) is 60.2 Å². The van der Waals surface area contributed by atoms with E-state index in [1.165, 1.54) is 12.8 Å². The molecule has 0 unspecified atom stereocenters. The Labute approximate surface area is 168 Å². The van der Waals surface area contributed by atoms with E-state index < -0.39 is 12.1 Å². The van der Waals surface area contributed by atoms with Gasteiger partial charge in [0.2, 0.25) is 0 Å². The van der Waals surface area contributed by atoms with Gasteiger partial charge in [-0.3, -0.25) is 4.90 Å². The van der Waals surface area contributed by atoms with Crippen molar-refractivity contribution in [3.05, 3.63) is 23.7 Å². The monoisotopic (exact) mass is 421 g/mol. The Bertz CT molecular complexity index is 661. The van der Waals surface area contributed by atoms with Gasteiger partial charge in [0.1, 0.15) is 11.5 Å². The Morgan fingerprint density at radius 1 is 1.41 bits per heavy atom. The first-order valence-corrected chi connectivity index (χ1v) is 9.85. The quantitative estimate of drug-likeness (QED) is 0.774. The normalized spacial score (nSPS) is 25.3. The lowest BCUT2D eigenvalue weighted by atomic mass is 9.89. The van der Waals surface area contributed by atoms with Crippen molar-refractivity contribution in [2.75, 3.05) is 26.3 Å². The van der Waals surface area contributed by atoms with Gasteiger partial charge in [0, 0.05) is 19.0 Å². The fourth-order valence-corrected chi connectivity index (χ4v) is 3.86. The van der Waals surface area contributed by atoms with E-state index in [0.717, 1.165) is 50.8 Å². The van der Waals surface area contributed by atoms with Crippen molar-refractivity contribution in [2.24, 2.45) is 5.92 Å². The van der Waals surface area contributed by atoms with Gasteiger partial charge in [-0.25, -0.2) is 4.79 Å². The molecule has 1 aromatic rings. The Kier molecular flexibility index (Phi) is 8.13. The third kappa shape index (κ3) is 7.01. The number of morpholine rings is 1. The molecule has 9 heteroatoms. The molecule has 1 aliphatic carbocycles. The second-order valence-electron chi connectivity index (χ2n) is 7.91. The summed E-state index contributed by atoms with van der Waals surface area (Å²) >= 11 is 0. The van der Waals surface area contributed by atoms with Crippen molar-refractivity contribution in [1.82, 2.24) is 4.90 Å². The highest BCUT2D eigenvalue weighted by Gasteiger charge is 2.47. The summed E-state index contributed by atoms with van der Waals surface area (Å²) in [5.41, 5.74) is -0.00518. The summed E-state index contributed by atoms with van der Waals surface area (Å²) < 4.78 is 49.7. The number of hydrogen-bond acceptors (Lipinski definition) is 5. The standard InChI is InChI=1S/C18H29NO3.C2HF3O2/c1-14(2)20-12-16-5-4-8-18(16)13-19(9-10-21-18)11-17-7-6-15(3)22-17;3-2(4,5)1(6)7/h6-7,14,16H,4-5,8-13H2,1-3H3;(H,6,7)/t16-,18+;/m1./s1. The highest BCUT2D eigenvalue weighted by atomic mass is 19.4. The number of aliphatic carboxylic acids is 1. The second kappa shape index (κ2) is 9.95. The molecular formula is C20H30F3NO5. The van der Waals surface area contributed by atoms with Gasteiger partial charge in [0.25, 0.3) is 0 Å². The molecule has 6 nitrogen and oxygen atoms in total. The molecule has 1 saturated carbocycles. The Balaban J connectivity index is 0.000000370. The number of ether oxygens (including phenoxy) is 2. The minimum atomic E-state index is -5.08. The lowest BCUT2D eigenvalue weighted by Gasteiger charge is -2.44. The number of carboxylic acids is 1. The van der Waals surface area contributed by atoms with Gasteiger partial charge < -0.3 is 19.0 Å². The molecule has 0 amide bonds. The molecule has 0 radical (unpaired) electrons. The van der Waals surface area contributed by atoms with Gasteiger partial charge in [-0.15, -0.1) is 0 Å². The summed E-state index contributed by atoms with van der Waals surface area (Å²) in [7, 11) is 0. The van der Waals surface area contributed by atoms with Crippen LogP contribution in [0.2, 0.25) is 0 Å². The molecule has 0 bridgehead atoms. The van der Waals surface area contributed by atoms with Crippen LogP contribution in [0, 0.1) is 12.8 Å². The van der Waals surface area contributed by atoms with Crippen molar-refractivity contribution in [1.29, 1.82) is 0 Å². The molecule has 166 valence electrons. The Morgan fingerprint density at radius 2 is 2.10 bits per heavy atom. The van der Waals surface area contributed by atoms with E-state index in [0.29, 0.717) is 12.0 Å². The van der Waals surface area contributed by atoms with Crippen LogP contribution < -0.4 is 0 Å². The number of alkyl halides is 3. The second-order valence-corrected chi connectivity index (χ2v) is 7.91. The van der Waals surface area contributed by atoms with E-state index in [9.17, 15) is 13.2 Å². The zero-order valence-electron chi connectivity index (χ0n) is 17.1. The summed E-state index contributed by atoms with van der Waals surface area (Å²) in [6.45, 7) is 10.7. The number of rotatable bonds is 5. The molecule has 1 saturated heterocycles. The van der Waals surface area contributed by atoms with E-state index in [1.807, 2.05) is 13.0 Å². The van der Waals surface area contributed by atoms with Crippen LogP contribution in [0.15, 0.2) is 16.5 Å². The highest BCUT2D eigenvalue weighted by molar-refractivity contribution is 5.73. The smallest absolute Gasteiger partial charge is 0.475 e. The number of aryl methyl sites for hydroxylation is 1. The zero-order chi connectivity index (χ0) is 21.7. The first-order valence-electron chi connectivity index (χ1n) is 9.85. The molecule has 3 rings (SSSR count). The van der Waals surface area contributed by atoms with Gasteiger partial charge in [-0.05, 0) is 45.7 Å². The average Bonchev–Trinajstić information content (AvgIpc) is 3.19. The van der Waals surface area contributed by atoms with Crippen molar-refractivity contribution in [3.8, 4) is 0 Å². The summed E-state index contributed by atoms with van der Waals surface area (Å²) in [5.74, 6) is -0.187. The molecule has 1 N–H and O–H groups in total. The molecule has 1 aromatic heterocycles. The lowest BCUT2D eigenvalue weighted by molar-refractivity contribution is -0.192. The largest absolute Gasteiger partial charge is 0.490 e. The molecule has 1 spiro atoms. The van der Waals surface area contributed by atoms with Crippen LogP contribution in [0.25, 0.3) is 0 Å². The summed E-state index contributed by atoms with van der Waals surface area (Å²) in [5, 5.41) is 7.12. The fourth-order valence-electron chi connectivity index (χ4n) is 3.86. The lowest BCUT2D eigenvalue weighted by Crippen LogP contribution is -2.54. The van der Waals surface area contributed by atoms with Crippen LogP contribution in [0.3, 0.4) is 0 Å². The van der Waals surface area contributed by atoms with E-state index in [1.54, 1.807) is 0 Å². The summed E-state index contributed by atoms with van der Waals surface area (Å²) in [6, 6.07) is 4.13. The van der Waals surface area contributed by atoms with Crippen LogP contribution in [0.1, 0.15) is 44.6 Å². The van der Waals surface area contributed by atoms with E-state index >= 15 is 0 Å². The molecule has 2 heterocycles.